The van der Waals surface area contributed by atoms with Crippen LogP contribution in [0.2, 0.25) is 0 Å². The number of likely N-dealkylation sites (N-methyl/N-ethyl adjacent to an activating group) is 1. The fourth-order valence-electron chi connectivity index (χ4n) is 2.64. The number of hydrogen-bond acceptors (Lipinski definition) is 5. The molecule has 0 radical (unpaired) electrons. The molecule has 0 fully saturated rings. The molecule has 0 saturated heterocycles. The number of para-hydroxylation sites is 1. The maximum Gasteiger partial charge on any atom is 0.325 e. The van der Waals surface area contributed by atoms with Crippen molar-refractivity contribution in [3.8, 4) is 0 Å². The lowest BCUT2D eigenvalue weighted by Gasteiger charge is -2.18. The number of rotatable bonds is 8. The summed E-state index contributed by atoms with van der Waals surface area (Å²) in [7, 11) is 1.44. The fourth-order valence-corrected chi connectivity index (χ4v) is 2.64. The zero-order valence-electron chi connectivity index (χ0n) is 17.2. The highest BCUT2D eigenvalue weighted by molar-refractivity contribution is 5.97. The standard InChI is InChI=1S/C22H25N3O5/c1-15-8-7-9-16(2)21(15)24-18(26)13-25(3)19(27)14-30-20(28)12-23-22(29)17-10-5-4-6-11-17/h4-11H,12-14H2,1-3H3,(H,23,29)(H,24,26). The van der Waals surface area contributed by atoms with E-state index in [0.29, 0.717) is 11.3 Å². The van der Waals surface area contributed by atoms with Gasteiger partial charge in [0, 0.05) is 18.3 Å². The number of amides is 3. The smallest absolute Gasteiger partial charge is 0.325 e. The lowest BCUT2D eigenvalue weighted by molar-refractivity contribution is -0.150. The Hall–Kier alpha value is -3.68. The molecule has 2 rings (SSSR count). The van der Waals surface area contributed by atoms with Gasteiger partial charge in [0.15, 0.2) is 6.61 Å². The Balaban J connectivity index is 1.74. The largest absolute Gasteiger partial charge is 0.454 e. The Morgan fingerprint density at radius 3 is 2.20 bits per heavy atom. The van der Waals surface area contributed by atoms with Crippen molar-refractivity contribution in [3.05, 3.63) is 65.2 Å². The second-order valence-electron chi connectivity index (χ2n) is 6.77. The van der Waals surface area contributed by atoms with Crippen LogP contribution in [-0.4, -0.2) is 55.3 Å². The van der Waals surface area contributed by atoms with Crippen molar-refractivity contribution in [3.63, 3.8) is 0 Å². The monoisotopic (exact) mass is 411 g/mol. The second kappa shape index (κ2) is 10.8. The summed E-state index contributed by atoms with van der Waals surface area (Å²) in [6.07, 6.45) is 0. The lowest BCUT2D eigenvalue weighted by Crippen LogP contribution is -2.38. The molecule has 8 heteroatoms. The van der Waals surface area contributed by atoms with Gasteiger partial charge in [-0.05, 0) is 37.1 Å². The Labute approximate surface area is 175 Å². The van der Waals surface area contributed by atoms with E-state index in [1.807, 2.05) is 32.0 Å². The van der Waals surface area contributed by atoms with Crippen molar-refractivity contribution in [2.75, 3.05) is 32.1 Å². The minimum Gasteiger partial charge on any atom is -0.454 e. The van der Waals surface area contributed by atoms with Gasteiger partial charge in [0.05, 0.1) is 6.54 Å². The second-order valence-corrected chi connectivity index (χ2v) is 6.77. The number of benzene rings is 2. The first-order valence-electron chi connectivity index (χ1n) is 9.37. The molecule has 0 unspecified atom stereocenters. The molecule has 3 amide bonds. The SMILES string of the molecule is Cc1cccc(C)c1NC(=O)CN(C)C(=O)COC(=O)CNC(=O)c1ccccc1. The molecule has 8 nitrogen and oxygen atoms in total. The van der Waals surface area contributed by atoms with E-state index < -0.39 is 24.4 Å². The van der Waals surface area contributed by atoms with Gasteiger partial charge >= 0.3 is 5.97 Å². The lowest BCUT2D eigenvalue weighted by atomic mass is 10.1. The first-order valence-corrected chi connectivity index (χ1v) is 9.37. The van der Waals surface area contributed by atoms with Crippen LogP contribution in [-0.2, 0) is 19.1 Å². The molecule has 158 valence electrons. The van der Waals surface area contributed by atoms with E-state index in [2.05, 4.69) is 10.6 Å². The molecule has 2 aromatic carbocycles. The van der Waals surface area contributed by atoms with Gasteiger partial charge in [0.2, 0.25) is 5.91 Å². The van der Waals surface area contributed by atoms with Crippen molar-refractivity contribution in [2.45, 2.75) is 13.8 Å². The van der Waals surface area contributed by atoms with Crippen LogP contribution in [0.15, 0.2) is 48.5 Å². The van der Waals surface area contributed by atoms with Crippen molar-refractivity contribution < 1.29 is 23.9 Å². The van der Waals surface area contributed by atoms with E-state index in [9.17, 15) is 19.2 Å². The molecule has 0 aliphatic rings. The number of aryl methyl sites for hydroxylation is 2. The Kier molecular flexibility index (Phi) is 8.10. The summed E-state index contributed by atoms with van der Waals surface area (Å²) in [4.78, 5) is 49.1. The van der Waals surface area contributed by atoms with Crippen LogP contribution in [0.4, 0.5) is 5.69 Å². The van der Waals surface area contributed by atoms with Crippen molar-refractivity contribution in [1.29, 1.82) is 0 Å². The van der Waals surface area contributed by atoms with Crippen molar-refractivity contribution >= 4 is 29.4 Å². The Morgan fingerprint density at radius 2 is 1.57 bits per heavy atom. The number of nitrogens with zero attached hydrogens (tertiary/aromatic N) is 1. The minimum atomic E-state index is -0.749. The fraction of sp³-hybridized carbons (Fsp3) is 0.273. The van der Waals surface area contributed by atoms with Gasteiger partial charge in [-0.15, -0.1) is 0 Å². The predicted molar refractivity (Wildman–Crippen MR) is 112 cm³/mol. The first kappa shape index (κ1) is 22.6. The highest BCUT2D eigenvalue weighted by Gasteiger charge is 2.16. The van der Waals surface area contributed by atoms with Crippen LogP contribution in [0, 0.1) is 13.8 Å². The maximum atomic E-state index is 12.2. The molecule has 0 bridgehead atoms. The summed E-state index contributed by atoms with van der Waals surface area (Å²) in [5, 5.41) is 5.21. The van der Waals surface area contributed by atoms with Gasteiger partial charge < -0.3 is 20.3 Å². The number of esters is 1. The first-order chi connectivity index (χ1) is 14.3. The van der Waals surface area contributed by atoms with E-state index in [1.165, 1.54) is 11.9 Å². The van der Waals surface area contributed by atoms with Crippen LogP contribution in [0.5, 0.6) is 0 Å². The molecular weight excluding hydrogens is 386 g/mol. The molecule has 2 N–H and O–H groups in total. The highest BCUT2D eigenvalue weighted by Crippen LogP contribution is 2.19. The van der Waals surface area contributed by atoms with Crippen LogP contribution < -0.4 is 10.6 Å². The summed E-state index contributed by atoms with van der Waals surface area (Å²) in [5.41, 5.74) is 2.97. The molecule has 0 aliphatic carbocycles. The molecular formula is C22H25N3O5. The number of hydrogen-bond donors (Lipinski definition) is 2. The Morgan fingerprint density at radius 1 is 0.933 bits per heavy atom. The summed E-state index contributed by atoms with van der Waals surface area (Å²) < 4.78 is 4.87. The number of anilines is 1. The zero-order chi connectivity index (χ0) is 22.1. The molecule has 0 aromatic heterocycles. The number of carbonyl (C=O) groups is 4. The van der Waals surface area contributed by atoms with E-state index in [0.717, 1.165) is 11.1 Å². The van der Waals surface area contributed by atoms with E-state index in [1.54, 1.807) is 30.3 Å². The molecule has 0 saturated carbocycles. The third kappa shape index (κ3) is 6.73. The average molecular weight is 411 g/mol. The Bertz CT molecular complexity index is 907. The van der Waals surface area contributed by atoms with Gasteiger partial charge in [0.25, 0.3) is 11.8 Å². The van der Waals surface area contributed by atoms with Crippen molar-refractivity contribution in [2.24, 2.45) is 0 Å². The van der Waals surface area contributed by atoms with Gasteiger partial charge in [-0.2, -0.15) is 0 Å². The molecule has 0 spiro atoms. The molecule has 0 aliphatic heterocycles. The van der Waals surface area contributed by atoms with Crippen molar-refractivity contribution in [1.82, 2.24) is 10.2 Å². The summed E-state index contributed by atoms with van der Waals surface area (Å²) in [6.45, 7) is 2.70. The summed E-state index contributed by atoms with van der Waals surface area (Å²) in [6, 6.07) is 14.1. The average Bonchev–Trinajstić information content (AvgIpc) is 2.73. The highest BCUT2D eigenvalue weighted by atomic mass is 16.5. The van der Waals surface area contributed by atoms with Gasteiger partial charge in [-0.1, -0.05) is 36.4 Å². The van der Waals surface area contributed by atoms with Gasteiger partial charge in [-0.25, -0.2) is 0 Å². The van der Waals surface area contributed by atoms with E-state index in [4.69, 9.17) is 4.74 Å². The van der Waals surface area contributed by atoms with Gasteiger partial charge in [0.1, 0.15) is 6.54 Å². The quantitative estimate of drug-likeness (QED) is 0.643. The third-order valence-electron chi connectivity index (χ3n) is 4.34. The van der Waals surface area contributed by atoms with Crippen LogP contribution in [0.3, 0.4) is 0 Å². The minimum absolute atomic E-state index is 0.186. The number of carbonyl (C=O) groups excluding carboxylic acids is 4. The normalized spacial score (nSPS) is 10.1. The number of nitrogens with one attached hydrogen (secondary N) is 2. The van der Waals surface area contributed by atoms with E-state index in [-0.39, 0.29) is 19.0 Å². The molecule has 30 heavy (non-hydrogen) atoms. The third-order valence-corrected chi connectivity index (χ3v) is 4.34. The van der Waals surface area contributed by atoms with Gasteiger partial charge in [-0.3, -0.25) is 19.2 Å². The topological polar surface area (TPSA) is 105 Å². The van der Waals surface area contributed by atoms with Crippen LogP contribution >= 0.6 is 0 Å². The molecule has 0 atom stereocenters. The van der Waals surface area contributed by atoms with Crippen LogP contribution in [0.25, 0.3) is 0 Å². The predicted octanol–water partition coefficient (Wildman–Crippen LogP) is 1.67. The summed E-state index contributed by atoms with van der Waals surface area (Å²) in [5.74, 6) is -2.06. The number of ether oxygens (including phenoxy) is 1. The van der Waals surface area contributed by atoms with E-state index >= 15 is 0 Å². The maximum absolute atomic E-state index is 12.2. The summed E-state index contributed by atoms with van der Waals surface area (Å²) >= 11 is 0. The van der Waals surface area contributed by atoms with Crippen LogP contribution in [0.1, 0.15) is 21.5 Å². The zero-order valence-corrected chi connectivity index (χ0v) is 17.2. The molecule has 2 aromatic rings. The molecule has 0 heterocycles.